The van der Waals surface area contributed by atoms with Gasteiger partial charge in [0.2, 0.25) is 0 Å². The van der Waals surface area contributed by atoms with E-state index in [0.717, 1.165) is 11.3 Å². The average Bonchev–Trinajstić information content (AvgIpc) is 3.53. The van der Waals surface area contributed by atoms with Gasteiger partial charge >= 0.3 is 0 Å². The number of hydrogen-bond acceptors (Lipinski definition) is 7. The number of ketones is 1. The second kappa shape index (κ2) is 8.37. The number of para-hydroxylation sites is 1. The molecule has 7 heteroatoms. The first-order valence-corrected chi connectivity index (χ1v) is 11.6. The monoisotopic (exact) mass is 467 g/mol. The highest BCUT2D eigenvalue weighted by Gasteiger charge is 2.64. The predicted molar refractivity (Wildman–Crippen MR) is 130 cm³/mol. The van der Waals surface area contributed by atoms with Gasteiger partial charge in [0.05, 0.1) is 37.3 Å². The van der Waals surface area contributed by atoms with E-state index in [1.807, 2.05) is 52.8 Å². The van der Waals surface area contributed by atoms with Crippen LogP contribution in [0.3, 0.4) is 0 Å². The number of ether oxygens (including phenoxy) is 2. The van der Waals surface area contributed by atoms with Crippen molar-refractivity contribution in [1.29, 1.82) is 10.5 Å². The number of carbonyl (C=O) groups excluding carboxylic acids is 1. The van der Waals surface area contributed by atoms with E-state index in [9.17, 15) is 15.3 Å². The lowest BCUT2D eigenvalue weighted by Crippen LogP contribution is -2.44. The van der Waals surface area contributed by atoms with E-state index < -0.39 is 23.4 Å². The van der Waals surface area contributed by atoms with Crippen molar-refractivity contribution >= 4 is 28.9 Å². The number of fused-ring (bicyclic) bond motifs is 3. The summed E-state index contributed by atoms with van der Waals surface area (Å²) in [5, 5.41) is 22.9. The largest absolute Gasteiger partial charge is 0.497 e. The van der Waals surface area contributed by atoms with Crippen molar-refractivity contribution < 1.29 is 14.3 Å². The number of nitriles is 2. The molecule has 5 rings (SSSR count). The zero-order valence-electron chi connectivity index (χ0n) is 18.6. The lowest BCUT2D eigenvalue weighted by Gasteiger charge is -2.35. The summed E-state index contributed by atoms with van der Waals surface area (Å²) >= 11 is 1.36. The average molecular weight is 468 g/mol. The molecule has 3 heterocycles. The Morgan fingerprint density at radius 3 is 2.53 bits per heavy atom. The van der Waals surface area contributed by atoms with E-state index in [0.29, 0.717) is 21.9 Å². The van der Waals surface area contributed by atoms with Gasteiger partial charge in [-0.25, -0.2) is 0 Å². The highest BCUT2D eigenvalue weighted by atomic mass is 32.1. The number of benzene rings is 2. The SMILES string of the molecule is COc1ccc(C2C(C(=O)c3cccs3)N3c4ccccc4C=CC3C2(C#N)C#N)c(OC)c1. The molecule has 3 atom stereocenters. The number of thiophene rings is 1. The number of anilines is 1. The molecule has 0 spiro atoms. The summed E-state index contributed by atoms with van der Waals surface area (Å²) in [5.41, 5.74) is 0.870. The van der Waals surface area contributed by atoms with E-state index >= 15 is 0 Å². The van der Waals surface area contributed by atoms with Crippen LogP contribution in [0.1, 0.15) is 26.7 Å². The second-order valence-electron chi connectivity index (χ2n) is 8.23. The van der Waals surface area contributed by atoms with Gasteiger partial charge in [0.25, 0.3) is 0 Å². The van der Waals surface area contributed by atoms with Crippen LogP contribution in [-0.2, 0) is 0 Å². The summed E-state index contributed by atoms with van der Waals surface area (Å²) in [5.74, 6) is 0.168. The molecule has 0 amide bonds. The molecule has 1 saturated heterocycles. The third kappa shape index (κ3) is 3.02. The van der Waals surface area contributed by atoms with E-state index in [4.69, 9.17) is 9.47 Å². The van der Waals surface area contributed by atoms with Gasteiger partial charge in [-0.3, -0.25) is 4.79 Å². The van der Waals surface area contributed by atoms with Gasteiger partial charge in [-0.15, -0.1) is 11.3 Å². The van der Waals surface area contributed by atoms with Crippen molar-refractivity contribution in [3.63, 3.8) is 0 Å². The van der Waals surface area contributed by atoms with Crippen LogP contribution >= 0.6 is 11.3 Å². The van der Waals surface area contributed by atoms with Gasteiger partial charge in [0.15, 0.2) is 11.2 Å². The molecular formula is C27H21N3O3S. The Bertz CT molecular complexity index is 1350. The Morgan fingerprint density at radius 1 is 1.06 bits per heavy atom. The van der Waals surface area contributed by atoms with Gasteiger partial charge in [0, 0.05) is 23.2 Å². The van der Waals surface area contributed by atoms with Gasteiger partial charge < -0.3 is 14.4 Å². The van der Waals surface area contributed by atoms with Crippen LogP contribution in [0.25, 0.3) is 6.08 Å². The highest BCUT2D eigenvalue weighted by Crippen LogP contribution is 2.57. The van der Waals surface area contributed by atoms with Crippen LogP contribution in [0.4, 0.5) is 5.69 Å². The topological polar surface area (TPSA) is 86.4 Å². The summed E-state index contributed by atoms with van der Waals surface area (Å²) in [6.45, 7) is 0. The summed E-state index contributed by atoms with van der Waals surface area (Å²) in [6.07, 6.45) is 3.81. The van der Waals surface area contributed by atoms with Crippen LogP contribution in [0.15, 0.2) is 66.1 Å². The van der Waals surface area contributed by atoms with Crippen LogP contribution in [0.2, 0.25) is 0 Å². The zero-order chi connectivity index (χ0) is 23.9. The fraction of sp³-hybridized carbons (Fsp3) is 0.222. The van der Waals surface area contributed by atoms with Gasteiger partial charge in [-0.1, -0.05) is 42.5 Å². The first-order chi connectivity index (χ1) is 16.6. The Labute approximate surface area is 201 Å². The molecule has 3 unspecified atom stereocenters. The Kier molecular flexibility index (Phi) is 5.36. The lowest BCUT2D eigenvalue weighted by atomic mass is 9.69. The van der Waals surface area contributed by atoms with Crippen LogP contribution < -0.4 is 14.4 Å². The fourth-order valence-electron chi connectivity index (χ4n) is 5.22. The molecule has 1 aromatic heterocycles. The molecule has 0 saturated carbocycles. The summed E-state index contributed by atoms with van der Waals surface area (Å²) in [6, 6.07) is 19.9. The van der Waals surface area contributed by atoms with E-state index in [1.165, 1.54) is 18.4 Å². The summed E-state index contributed by atoms with van der Waals surface area (Å²) < 4.78 is 11.0. The predicted octanol–water partition coefficient (Wildman–Crippen LogP) is 5.05. The number of methoxy groups -OCH3 is 2. The molecule has 2 aliphatic rings. The minimum Gasteiger partial charge on any atom is -0.497 e. The van der Waals surface area contributed by atoms with E-state index in [1.54, 1.807) is 31.4 Å². The Morgan fingerprint density at radius 2 is 1.85 bits per heavy atom. The minimum atomic E-state index is -1.52. The normalized spacial score (nSPS) is 21.6. The molecule has 2 aromatic carbocycles. The first kappa shape index (κ1) is 21.8. The minimum absolute atomic E-state index is 0.125. The van der Waals surface area contributed by atoms with Gasteiger partial charge in [0.1, 0.15) is 17.5 Å². The van der Waals surface area contributed by atoms with Crippen molar-refractivity contribution in [2.24, 2.45) is 5.41 Å². The molecule has 3 aromatic rings. The molecule has 168 valence electrons. The first-order valence-electron chi connectivity index (χ1n) is 10.8. The van der Waals surface area contributed by atoms with Crippen LogP contribution in [0, 0.1) is 28.1 Å². The molecular weight excluding hydrogens is 446 g/mol. The smallest absolute Gasteiger partial charge is 0.195 e. The van der Waals surface area contributed by atoms with Crippen molar-refractivity contribution in [2.75, 3.05) is 19.1 Å². The maximum Gasteiger partial charge on any atom is 0.195 e. The molecule has 2 aliphatic heterocycles. The number of Topliss-reactive ketones (excluding diaryl/α,β-unsaturated/α-hetero) is 1. The zero-order valence-corrected chi connectivity index (χ0v) is 19.5. The van der Waals surface area contributed by atoms with E-state index in [2.05, 4.69) is 12.1 Å². The van der Waals surface area contributed by atoms with Crippen molar-refractivity contribution in [1.82, 2.24) is 0 Å². The molecule has 0 N–H and O–H groups in total. The molecule has 34 heavy (non-hydrogen) atoms. The number of carbonyl (C=O) groups is 1. The third-order valence-electron chi connectivity index (χ3n) is 6.72. The standard InChI is InChI=1S/C27H21N3O3S/c1-32-18-10-11-19(21(14-18)33-2)24-25(26(31)22-8-5-13-34-22)30-20-7-4-3-6-17(20)9-12-23(30)27(24,15-28)16-29/h3-14,23-25H,1-2H3. The van der Waals surface area contributed by atoms with E-state index in [-0.39, 0.29) is 5.78 Å². The molecule has 6 nitrogen and oxygen atoms in total. The maximum absolute atomic E-state index is 14.1. The van der Waals surface area contributed by atoms with Gasteiger partial charge in [-0.05, 0) is 29.1 Å². The van der Waals surface area contributed by atoms with Gasteiger partial charge in [-0.2, -0.15) is 10.5 Å². The molecule has 0 aliphatic carbocycles. The van der Waals surface area contributed by atoms with Crippen molar-refractivity contribution in [3.8, 4) is 23.6 Å². The van der Waals surface area contributed by atoms with Crippen LogP contribution in [0.5, 0.6) is 11.5 Å². The number of nitrogens with zero attached hydrogens (tertiary/aromatic N) is 3. The number of rotatable bonds is 5. The lowest BCUT2D eigenvalue weighted by molar-refractivity contribution is 0.0954. The summed E-state index contributed by atoms with van der Waals surface area (Å²) in [4.78, 5) is 16.6. The van der Waals surface area contributed by atoms with Crippen molar-refractivity contribution in [2.45, 2.75) is 18.0 Å². The molecule has 1 fully saturated rings. The Hall–Kier alpha value is -4.07. The highest BCUT2D eigenvalue weighted by molar-refractivity contribution is 7.12. The fourth-order valence-corrected chi connectivity index (χ4v) is 5.92. The van der Waals surface area contributed by atoms with Crippen molar-refractivity contribution in [3.05, 3.63) is 82.1 Å². The second-order valence-corrected chi connectivity index (χ2v) is 9.18. The molecule has 0 radical (unpaired) electrons. The van der Waals surface area contributed by atoms with Crippen LogP contribution in [-0.4, -0.2) is 32.1 Å². The maximum atomic E-state index is 14.1. The molecule has 0 bridgehead atoms. The quantitative estimate of drug-likeness (QED) is 0.488. The third-order valence-corrected chi connectivity index (χ3v) is 7.61. The Balaban J connectivity index is 1.81. The summed E-state index contributed by atoms with van der Waals surface area (Å²) in [7, 11) is 3.09. The number of hydrogen-bond donors (Lipinski definition) is 0.